The Morgan fingerprint density at radius 3 is 1.88 bits per heavy atom. The number of rotatable bonds is 11. The Morgan fingerprint density at radius 1 is 0.938 bits per heavy atom. The van der Waals surface area contributed by atoms with E-state index in [2.05, 4.69) is 4.84 Å². The summed E-state index contributed by atoms with van der Waals surface area (Å²) in [7, 11) is 1.51. The standard InChI is InChI=1S/C9H21NO6/c1-13-4-8(11)5-14-2-3-15-6-9(12)7-16-10/h8-9,11-12H,2-7,10H2,1H3. The zero-order valence-corrected chi connectivity index (χ0v) is 9.50. The topological polar surface area (TPSA) is 103 Å². The SMILES string of the molecule is COCC(O)COCCOCC(O)CON. The number of hydrogen-bond acceptors (Lipinski definition) is 7. The van der Waals surface area contributed by atoms with Crippen molar-refractivity contribution in [2.75, 3.05) is 46.8 Å². The fraction of sp³-hybridized carbons (Fsp3) is 1.00. The van der Waals surface area contributed by atoms with Gasteiger partial charge in [-0.05, 0) is 0 Å². The Bertz CT molecular complexity index is 132. The normalized spacial score (nSPS) is 15.0. The van der Waals surface area contributed by atoms with Crippen LogP contribution in [0, 0.1) is 0 Å². The molecule has 0 rings (SSSR count). The van der Waals surface area contributed by atoms with Crippen LogP contribution in [0.1, 0.15) is 0 Å². The molecule has 0 amide bonds. The quantitative estimate of drug-likeness (QED) is 0.291. The van der Waals surface area contributed by atoms with Crippen molar-refractivity contribution in [3.8, 4) is 0 Å². The highest BCUT2D eigenvalue weighted by molar-refractivity contribution is 4.51. The molecule has 2 unspecified atom stereocenters. The molecule has 0 aliphatic heterocycles. The van der Waals surface area contributed by atoms with Gasteiger partial charge in [-0.3, -0.25) is 0 Å². The lowest BCUT2D eigenvalue weighted by molar-refractivity contribution is -0.0473. The van der Waals surface area contributed by atoms with Gasteiger partial charge in [-0.2, -0.15) is 0 Å². The lowest BCUT2D eigenvalue weighted by atomic mass is 10.4. The number of methoxy groups -OCH3 is 1. The van der Waals surface area contributed by atoms with Gasteiger partial charge in [-0.1, -0.05) is 0 Å². The maximum atomic E-state index is 9.20. The van der Waals surface area contributed by atoms with Crippen LogP contribution in [-0.4, -0.2) is 69.2 Å². The second kappa shape index (κ2) is 11.2. The van der Waals surface area contributed by atoms with Crippen LogP contribution in [0.25, 0.3) is 0 Å². The van der Waals surface area contributed by atoms with E-state index in [0.29, 0.717) is 13.2 Å². The lowest BCUT2D eigenvalue weighted by Gasteiger charge is -2.11. The predicted molar refractivity (Wildman–Crippen MR) is 55.7 cm³/mol. The highest BCUT2D eigenvalue weighted by Gasteiger charge is 2.04. The molecule has 0 spiro atoms. The summed E-state index contributed by atoms with van der Waals surface area (Å²) in [5, 5.41) is 18.3. The minimum atomic E-state index is -0.732. The minimum absolute atomic E-state index is 0.0351. The van der Waals surface area contributed by atoms with Crippen LogP contribution in [-0.2, 0) is 19.0 Å². The van der Waals surface area contributed by atoms with Crippen molar-refractivity contribution in [1.29, 1.82) is 0 Å². The summed E-state index contributed by atoms with van der Waals surface area (Å²) in [4.78, 5) is 4.23. The molecule has 4 N–H and O–H groups in total. The average molecular weight is 239 g/mol. The number of nitrogens with two attached hydrogens (primary N) is 1. The van der Waals surface area contributed by atoms with Gasteiger partial charge in [0.1, 0.15) is 12.2 Å². The summed E-state index contributed by atoms with van der Waals surface area (Å²) in [6.07, 6.45) is -1.36. The molecule has 98 valence electrons. The van der Waals surface area contributed by atoms with Gasteiger partial charge in [-0.25, -0.2) is 5.90 Å². The van der Waals surface area contributed by atoms with Crippen LogP contribution >= 0.6 is 0 Å². The summed E-state index contributed by atoms with van der Waals surface area (Å²) in [6.45, 7) is 1.30. The fourth-order valence-electron chi connectivity index (χ4n) is 0.956. The average Bonchev–Trinajstić information content (AvgIpc) is 2.24. The molecule has 0 aromatic carbocycles. The van der Waals surface area contributed by atoms with Crippen molar-refractivity contribution in [2.24, 2.45) is 5.90 Å². The molecule has 0 saturated carbocycles. The summed E-state index contributed by atoms with van der Waals surface area (Å²) < 4.78 is 14.9. The largest absolute Gasteiger partial charge is 0.388 e. The predicted octanol–water partition coefficient (Wildman–Crippen LogP) is -1.72. The van der Waals surface area contributed by atoms with Crippen molar-refractivity contribution in [2.45, 2.75) is 12.2 Å². The third-order valence-electron chi connectivity index (χ3n) is 1.64. The molecule has 7 heteroatoms. The Balaban J connectivity index is 3.15. The zero-order chi connectivity index (χ0) is 12.2. The maximum absolute atomic E-state index is 9.20. The molecule has 0 heterocycles. The fourth-order valence-corrected chi connectivity index (χ4v) is 0.956. The first kappa shape index (κ1) is 15.7. The molecule has 0 radical (unpaired) electrons. The molecule has 0 aliphatic carbocycles. The third-order valence-corrected chi connectivity index (χ3v) is 1.64. The van der Waals surface area contributed by atoms with E-state index < -0.39 is 12.2 Å². The summed E-state index contributed by atoms with van der Waals surface area (Å²) >= 11 is 0. The molecule has 2 atom stereocenters. The molecule has 0 aliphatic rings. The van der Waals surface area contributed by atoms with Crippen molar-refractivity contribution in [3.63, 3.8) is 0 Å². The van der Waals surface area contributed by atoms with Gasteiger partial charge >= 0.3 is 0 Å². The van der Waals surface area contributed by atoms with E-state index in [1.807, 2.05) is 0 Å². The molecular weight excluding hydrogens is 218 g/mol. The van der Waals surface area contributed by atoms with Crippen LogP contribution in [0.5, 0.6) is 0 Å². The van der Waals surface area contributed by atoms with Crippen molar-refractivity contribution in [1.82, 2.24) is 0 Å². The monoisotopic (exact) mass is 239 g/mol. The van der Waals surface area contributed by atoms with E-state index in [4.69, 9.17) is 25.2 Å². The highest BCUT2D eigenvalue weighted by atomic mass is 16.6. The van der Waals surface area contributed by atoms with E-state index in [0.717, 1.165) is 0 Å². The number of ether oxygens (including phenoxy) is 3. The first-order chi connectivity index (χ1) is 7.70. The highest BCUT2D eigenvalue weighted by Crippen LogP contribution is 1.89. The molecule has 0 fully saturated rings. The van der Waals surface area contributed by atoms with Crippen LogP contribution in [0.3, 0.4) is 0 Å². The second-order valence-corrected chi connectivity index (χ2v) is 3.25. The van der Waals surface area contributed by atoms with Crippen LogP contribution < -0.4 is 5.90 Å². The molecule has 7 nitrogen and oxygen atoms in total. The van der Waals surface area contributed by atoms with Crippen molar-refractivity contribution >= 4 is 0 Å². The van der Waals surface area contributed by atoms with Crippen molar-refractivity contribution < 1.29 is 29.3 Å². The molecule has 0 aromatic heterocycles. The Kier molecular flexibility index (Phi) is 11.0. The summed E-state index contributed by atoms with van der Waals surface area (Å²) in [6, 6.07) is 0. The van der Waals surface area contributed by atoms with E-state index in [1.165, 1.54) is 7.11 Å². The molecule has 0 aromatic rings. The minimum Gasteiger partial charge on any atom is -0.388 e. The Labute approximate surface area is 95.0 Å². The van der Waals surface area contributed by atoms with Gasteiger partial charge in [0.15, 0.2) is 0 Å². The second-order valence-electron chi connectivity index (χ2n) is 3.25. The third kappa shape index (κ3) is 10.2. The van der Waals surface area contributed by atoms with Gasteiger partial charge in [0, 0.05) is 7.11 Å². The Morgan fingerprint density at radius 2 is 1.44 bits per heavy atom. The van der Waals surface area contributed by atoms with E-state index >= 15 is 0 Å². The summed E-state index contributed by atoms with van der Waals surface area (Å²) in [5.41, 5.74) is 0. The van der Waals surface area contributed by atoms with Gasteiger partial charge in [0.25, 0.3) is 0 Å². The molecule has 0 saturated heterocycles. The van der Waals surface area contributed by atoms with Crippen LogP contribution in [0.15, 0.2) is 0 Å². The zero-order valence-electron chi connectivity index (χ0n) is 9.50. The van der Waals surface area contributed by atoms with Gasteiger partial charge < -0.3 is 29.3 Å². The molecule has 16 heavy (non-hydrogen) atoms. The van der Waals surface area contributed by atoms with Gasteiger partial charge in [-0.15, -0.1) is 0 Å². The van der Waals surface area contributed by atoms with E-state index in [1.54, 1.807) is 0 Å². The van der Waals surface area contributed by atoms with Crippen molar-refractivity contribution in [3.05, 3.63) is 0 Å². The van der Waals surface area contributed by atoms with Crippen LogP contribution in [0.2, 0.25) is 0 Å². The number of hydrogen-bond donors (Lipinski definition) is 3. The lowest BCUT2D eigenvalue weighted by Crippen LogP contribution is -2.25. The molecule has 0 bridgehead atoms. The Hall–Kier alpha value is -0.280. The van der Waals surface area contributed by atoms with Gasteiger partial charge in [0.2, 0.25) is 0 Å². The van der Waals surface area contributed by atoms with E-state index in [-0.39, 0.29) is 26.4 Å². The van der Waals surface area contributed by atoms with Gasteiger partial charge in [0.05, 0.1) is 39.6 Å². The number of aliphatic hydroxyl groups excluding tert-OH is 2. The number of aliphatic hydroxyl groups is 2. The maximum Gasteiger partial charge on any atom is 0.103 e. The smallest absolute Gasteiger partial charge is 0.103 e. The first-order valence-electron chi connectivity index (χ1n) is 5.03. The van der Waals surface area contributed by atoms with Crippen LogP contribution in [0.4, 0.5) is 0 Å². The summed E-state index contributed by atoms with van der Waals surface area (Å²) in [5.74, 6) is 4.76. The first-order valence-corrected chi connectivity index (χ1v) is 5.03. The van der Waals surface area contributed by atoms with E-state index in [9.17, 15) is 5.11 Å². The molecular formula is C9H21NO6.